The van der Waals surface area contributed by atoms with Crippen LogP contribution in [0.4, 0.5) is 11.4 Å². The number of carbonyl (C=O) groups is 4. The summed E-state index contributed by atoms with van der Waals surface area (Å²) in [6.07, 6.45) is 0. The lowest BCUT2D eigenvalue weighted by Crippen LogP contribution is -2.29. The van der Waals surface area contributed by atoms with Gasteiger partial charge in [0.05, 0.1) is 22.4 Å². The molecule has 0 unspecified atom stereocenters. The van der Waals surface area contributed by atoms with E-state index in [1.807, 2.05) is 12.1 Å². The minimum absolute atomic E-state index is 0.0620. The predicted octanol–water partition coefficient (Wildman–Crippen LogP) is 5.06. The number of nitrogens with one attached hydrogen (secondary N) is 1. The molecule has 0 bridgehead atoms. The van der Waals surface area contributed by atoms with Gasteiger partial charge in [-0.2, -0.15) is 0 Å². The number of ether oxygens (including phenoxy) is 1. The number of anilines is 2. The number of amides is 3. The van der Waals surface area contributed by atoms with Gasteiger partial charge in [-0.25, -0.2) is 9.69 Å². The highest BCUT2D eigenvalue weighted by Crippen LogP contribution is 2.30. The van der Waals surface area contributed by atoms with Crippen LogP contribution in [-0.4, -0.2) is 30.3 Å². The first-order valence-electron chi connectivity index (χ1n) is 10.6. The van der Waals surface area contributed by atoms with Gasteiger partial charge in [-0.05, 0) is 66.1 Å². The summed E-state index contributed by atoms with van der Waals surface area (Å²) in [5.41, 5.74) is 2.44. The molecule has 0 aromatic heterocycles. The first kappa shape index (κ1) is 23.2. The van der Waals surface area contributed by atoms with Crippen LogP contribution in [0.2, 0.25) is 5.02 Å². The minimum atomic E-state index is -0.779. The summed E-state index contributed by atoms with van der Waals surface area (Å²) in [4.78, 5) is 51.2. The zero-order chi connectivity index (χ0) is 24.4. The van der Waals surface area contributed by atoms with Crippen molar-refractivity contribution in [3.63, 3.8) is 0 Å². The molecule has 0 atom stereocenters. The molecule has 3 aromatic rings. The first-order chi connectivity index (χ1) is 16.2. The van der Waals surface area contributed by atoms with Gasteiger partial charge in [-0.15, -0.1) is 0 Å². The molecule has 0 fully saturated rings. The molecule has 0 saturated carbocycles. The first-order valence-corrected chi connectivity index (χ1v) is 11.0. The van der Waals surface area contributed by atoms with Crippen molar-refractivity contribution < 1.29 is 23.9 Å². The average Bonchev–Trinajstić information content (AvgIpc) is 3.08. The highest BCUT2D eigenvalue weighted by molar-refractivity contribution is 6.35. The molecule has 3 aromatic carbocycles. The van der Waals surface area contributed by atoms with E-state index in [0.29, 0.717) is 22.3 Å². The minimum Gasteiger partial charge on any atom is -0.452 e. The molecule has 0 spiro atoms. The second kappa shape index (κ2) is 9.49. The number of rotatable bonds is 6. The summed E-state index contributed by atoms with van der Waals surface area (Å²) in [6.45, 7) is 3.65. The Morgan fingerprint density at radius 3 is 2.21 bits per heavy atom. The normalized spacial score (nSPS) is 12.6. The molecule has 8 heteroatoms. The van der Waals surface area contributed by atoms with E-state index in [9.17, 15) is 19.2 Å². The second-order valence-electron chi connectivity index (χ2n) is 8.08. The molecule has 0 radical (unpaired) electrons. The molecule has 1 N–H and O–H groups in total. The van der Waals surface area contributed by atoms with Crippen molar-refractivity contribution in [3.05, 3.63) is 94.0 Å². The lowest BCUT2D eigenvalue weighted by molar-refractivity contribution is -0.119. The Kier molecular flexibility index (Phi) is 6.47. The van der Waals surface area contributed by atoms with E-state index in [0.717, 1.165) is 10.5 Å². The van der Waals surface area contributed by atoms with E-state index in [1.54, 1.807) is 36.4 Å². The zero-order valence-electron chi connectivity index (χ0n) is 18.5. The molecule has 172 valence electrons. The molecule has 7 nitrogen and oxygen atoms in total. The van der Waals surface area contributed by atoms with Crippen LogP contribution >= 0.6 is 11.6 Å². The van der Waals surface area contributed by atoms with Gasteiger partial charge in [-0.3, -0.25) is 14.4 Å². The molecule has 1 heterocycles. The number of halogens is 1. The van der Waals surface area contributed by atoms with Gasteiger partial charge in [0, 0.05) is 10.7 Å². The van der Waals surface area contributed by atoms with Crippen molar-refractivity contribution in [1.82, 2.24) is 0 Å². The molecule has 0 aliphatic carbocycles. The third-order valence-electron chi connectivity index (χ3n) is 5.40. The third kappa shape index (κ3) is 4.70. The van der Waals surface area contributed by atoms with Crippen molar-refractivity contribution in [2.45, 2.75) is 19.8 Å². The van der Waals surface area contributed by atoms with Crippen LogP contribution in [0, 0.1) is 0 Å². The van der Waals surface area contributed by atoms with Crippen LogP contribution in [0.5, 0.6) is 0 Å². The van der Waals surface area contributed by atoms with E-state index >= 15 is 0 Å². The monoisotopic (exact) mass is 476 g/mol. The third-order valence-corrected chi connectivity index (χ3v) is 5.65. The number of imide groups is 1. The van der Waals surface area contributed by atoms with Gasteiger partial charge < -0.3 is 10.1 Å². The summed E-state index contributed by atoms with van der Waals surface area (Å²) in [5, 5.41) is 3.14. The van der Waals surface area contributed by atoms with Crippen molar-refractivity contribution >= 4 is 46.7 Å². The van der Waals surface area contributed by atoms with Crippen LogP contribution < -0.4 is 10.2 Å². The molecule has 0 saturated heterocycles. The van der Waals surface area contributed by atoms with Crippen molar-refractivity contribution in [1.29, 1.82) is 0 Å². The standard InChI is InChI=1S/C26H21ClN2O5/c1-15(2)16-3-8-19(9-4-16)28-23(30)14-34-26(33)17-5-12-21-22(13-17)25(32)29(24(21)31)20-10-6-18(27)7-11-20/h3-13,15H,14H2,1-2H3,(H,28,30). The van der Waals surface area contributed by atoms with Gasteiger partial charge in [-0.1, -0.05) is 37.6 Å². The van der Waals surface area contributed by atoms with E-state index in [1.165, 1.54) is 18.2 Å². The topological polar surface area (TPSA) is 92.8 Å². The van der Waals surface area contributed by atoms with Crippen LogP contribution in [0.3, 0.4) is 0 Å². The Morgan fingerprint density at radius 2 is 1.56 bits per heavy atom. The van der Waals surface area contributed by atoms with Crippen molar-refractivity contribution in [3.8, 4) is 0 Å². The Labute approximate surface area is 201 Å². The lowest BCUT2D eigenvalue weighted by Gasteiger charge is -2.13. The van der Waals surface area contributed by atoms with Crippen LogP contribution in [0.1, 0.15) is 56.4 Å². The number of esters is 1. The number of carbonyl (C=O) groups excluding carboxylic acids is 4. The van der Waals surface area contributed by atoms with E-state index in [-0.39, 0.29) is 16.7 Å². The number of benzene rings is 3. The van der Waals surface area contributed by atoms with E-state index in [2.05, 4.69) is 19.2 Å². The largest absolute Gasteiger partial charge is 0.452 e. The maximum Gasteiger partial charge on any atom is 0.338 e. The lowest BCUT2D eigenvalue weighted by atomic mass is 10.0. The fraction of sp³-hybridized carbons (Fsp3) is 0.154. The molecular formula is C26H21ClN2O5. The summed E-state index contributed by atoms with van der Waals surface area (Å²) in [6, 6.07) is 17.8. The number of hydrogen-bond acceptors (Lipinski definition) is 5. The van der Waals surface area contributed by atoms with Gasteiger partial charge in [0.25, 0.3) is 17.7 Å². The fourth-order valence-electron chi connectivity index (χ4n) is 3.56. The fourth-order valence-corrected chi connectivity index (χ4v) is 3.68. The van der Waals surface area contributed by atoms with Gasteiger partial charge in [0.1, 0.15) is 0 Å². The second-order valence-corrected chi connectivity index (χ2v) is 8.52. The zero-order valence-corrected chi connectivity index (χ0v) is 19.3. The average molecular weight is 477 g/mol. The maximum absolute atomic E-state index is 12.9. The maximum atomic E-state index is 12.9. The van der Waals surface area contributed by atoms with Crippen LogP contribution in [-0.2, 0) is 9.53 Å². The van der Waals surface area contributed by atoms with E-state index in [4.69, 9.17) is 16.3 Å². The molecule has 1 aliphatic rings. The Bertz CT molecular complexity index is 1280. The molecular weight excluding hydrogens is 456 g/mol. The summed E-state index contributed by atoms with van der Waals surface area (Å²) in [5.74, 6) is -1.95. The van der Waals surface area contributed by atoms with Gasteiger partial charge in [0.15, 0.2) is 6.61 Å². The number of fused-ring (bicyclic) bond motifs is 1. The Morgan fingerprint density at radius 1 is 0.912 bits per heavy atom. The van der Waals surface area contributed by atoms with Crippen LogP contribution in [0.25, 0.3) is 0 Å². The quantitative estimate of drug-likeness (QED) is 0.396. The summed E-state index contributed by atoms with van der Waals surface area (Å²) in [7, 11) is 0. The SMILES string of the molecule is CC(C)c1ccc(NC(=O)COC(=O)c2ccc3c(c2)C(=O)N(c2ccc(Cl)cc2)C3=O)cc1. The molecule has 4 rings (SSSR count). The van der Waals surface area contributed by atoms with Crippen molar-refractivity contribution in [2.75, 3.05) is 16.8 Å². The molecule has 3 amide bonds. The Hall–Kier alpha value is -3.97. The van der Waals surface area contributed by atoms with Crippen LogP contribution in [0.15, 0.2) is 66.7 Å². The smallest absolute Gasteiger partial charge is 0.338 e. The van der Waals surface area contributed by atoms with E-state index < -0.39 is 30.3 Å². The predicted molar refractivity (Wildman–Crippen MR) is 128 cm³/mol. The highest BCUT2D eigenvalue weighted by atomic mass is 35.5. The number of nitrogens with zero attached hydrogens (tertiary/aromatic N) is 1. The highest BCUT2D eigenvalue weighted by Gasteiger charge is 2.37. The molecule has 34 heavy (non-hydrogen) atoms. The number of hydrogen-bond donors (Lipinski definition) is 1. The summed E-state index contributed by atoms with van der Waals surface area (Å²) < 4.78 is 5.10. The Balaban J connectivity index is 1.41. The van der Waals surface area contributed by atoms with Crippen molar-refractivity contribution in [2.24, 2.45) is 0 Å². The van der Waals surface area contributed by atoms with Gasteiger partial charge in [0.2, 0.25) is 0 Å². The molecule has 1 aliphatic heterocycles. The summed E-state index contributed by atoms with van der Waals surface area (Å²) >= 11 is 5.88. The van der Waals surface area contributed by atoms with Gasteiger partial charge >= 0.3 is 5.97 Å².